The van der Waals surface area contributed by atoms with Gasteiger partial charge >= 0.3 is 0 Å². The molecule has 42 heavy (non-hydrogen) atoms. The van der Waals surface area contributed by atoms with Crippen LogP contribution in [0, 0.1) is 5.82 Å². The quantitative estimate of drug-likeness (QED) is 0.156. The van der Waals surface area contributed by atoms with E-state index in [-0.39, 0.29) is 56.0 Å². The number of hydrogen-bond donors (Lipinski definition) is 3. The van der Waals surface area contributed by atoms with E-state index in [4.69, 9.17) is 39.5 Å². The van der Waals surface area contributed by atoms with Crippen molar-refractivity contribution in [2.24, 2.45) is 7.05 Å². The van der Waals surface area contributed by atoms with Gasteiger partial charge in [0.25, 0.3) is 12.3 Å². The fraction of sp³-hybridized carbons (Fsp3) is 0.179. The number of nitrogens with zero attached hydrogens (tertiary/aromatic N) is 2. The third-order valence-corrected chi connectivity index (χ3v) is 6.99. The summed E-state index contributed by atoms with van der Waals surface area (Å²) in [5.74, 6) is -1.88. The van der Waals surface area contributed by atoms with Crippen LogP contribution in [0.4, 0.5) is 30.5 Å². The summed E-state index contributed by atoms with van der Waals surface area (Å²) in [5.41, 5.74) is 1.56. The van der Waals surface area contributed by atoms with Gasteiger partial charge in [-0.05, 0) is 42.8 Å². The molecule has 0 aliphatic rings. The highest BCUT2D eigenvalue weighted by Crippen LogP contribution is 2.37. The van der Waals surface area contributed by atoms with Crippen LogP contribution >= 0.6 is 34.8 Å². The third-order valence-electron chi connectivity index (χ3n) is 6.01. The van der Waals surface area contributed by atoms with Crippen molar-refractivity contribution in [2.75, 3.05) is 17.2 Å². The number of nitrogens with one attached hydrogen (secondary N) is 3. The molecule has 220 valence electrons. The lowest BCUT2D eigenvalue weighted by Crippen LogP contribution is -2.23. The topological polar surface area (TPSA) is 97.3 Å². The molecule has 3 N–H and O–H groups in total. The Labute approximate surface area is 253 Å². The fourth-order valence-corrected chi connectivity index (χ4v) is 4.54. The Bertz CT molecular complexity index is 1710. The Kier molecular flexibility index (Phi) is 9.55. The number of hydrogen-bond acceptors (Lipinski definition) is 5. The second-order valence-electron chi connectivity index (χ2n) is 9.10. The van der Waals surface area contributed by atoms with E-state index in [1.165, 1.54) is 24.3 Å². The molecule has 8 nitrogen and oxygen atoms in total. The molecule has 2 amide bonds. The van der Waals surface area contributed by atoms with E-state index in [0.29, 0.717) is 22.3 Å². The minimum Gasteiger partial charge on any atom is -0.487 e. The van der Waals surface area contributed by atoms with Crippen LogP contribution in [0.15, 0.2) is 54.6 Å². The van der Waals surface area contributed by atoms with Crippen LogP contribution in [0.5, 0.6) is 5.75 Å². The Morgan fingerprint density at radius 2 is 1.86 bits per heavy atom. The highest BCUT2D eigenvalue weighted by Gasteiger charge is 2.21. The number of fused-ring (bicyclic) bond motifs is 1. The molecule has 0 aliphatic carbocycles. The molecule has 0 atom stereocenters. The molecule has 14 heteroatoms. The van der Waals surface area contributed by atoms with Crippen LogP contribution in [0.1, 0.15) is 22.8 Å². The van der Waals surface area contributed by atoms with E-state index in [1.807, 2.05) is 0 Å². The Morgan fingerprint density at radius 3 is 2.52 bits per heavy atom. The normalized spacial score (nSPS) is 11.1. The van der Waals surface area contributed by atoms with E-state index >= 15 is 0 Å². The van der Waals surface area contributed by atoms with Gasteiger partial charge in [-0.15, -0.1) is 0 Å². The lowest BCUT2D eigenvalue weighted by molar-refractivity contribution is -0.117. The standard InChI is InChI=1S/C28H23Cl3F3N5O3/c1-13(2)26(40)35-11-14-4-6-17(30)25(24(14)31)38-28-37-20-9-16(22(42-12-23(33)34)10-21(20)39(28)3)27(41)36-19-7-5-15(29)8-18(19)32/h4-10,23H,1,11-12H2,2-3H3,(H,35,40)(H,36,41)(H,37,38). The zero-order valence-corrected chi connectivity index (χ0v) is 24.4. The van der Waals surface area contributed by atoms with Gasteiger partial charge in [0.15, 0.2) is 0 Å². The summed E-state index contributed by atoms with van der Waals surface area (Å²) >= 11 is 18.8. The van der Waals surface area contributed by atoms with Crippen molar-refractivity contribution in [2.45, 2.75) is 19.9 Å². The lowest BCUT2D eigenvalue weighted by atomic mass is 10.1. The van der Waals surface area contributed by atoms with Gasteiger partial charge < -0.3 is 25.3 Å². The zero-order valence-electron chi connectivity index (χ0n) is 22.1. The minimum atomic E-state index is -2.81. The van der Waals surface area contributed by atoms with Crippen LogP contribution < -0.4 is 20.7 Å². The molecule has 1 heterocycles. The lowest BCUT2D eigenvalue weighted by Gasteiger charge is -2.14. The predicted octanol–water partition coefficient (Wildman–Crippen LogP) is 7.50. The van der Waals surface area contributed by atoms with E-state index < -0.39 is 24.8 Å². The van der Waals surface area contributed by atoms with Crippen molar-refractivity contribution in [3.05, 3.63) is 86.6 Å². The number of benzene rings is 3. The van der Waals surface area contributed by atoms with Crippen LogP contribution in [0.2, 0.25) is 15.1 Å². The van der Waals surface area contributed by atoms with Gasteiger partial charge in [-0.3, -0.25) is 9.59 Å². The van der Waals surface area contributed by atoms with E-state index in [0.717, 1.165) is 6.07 Å². The monoisotopic (exact) mass is 639 g/mol. The van der Waals surface area contributed by atoms with Gasteiger partial charge in [0, 0.05) is 30.3 Å². The Morgan fingerprint density at radius 1 is 1.12 bits per heavy atom. The van der Waals surface area contributed by atoms with Crippen molar-refractivity contribution in [3.63, 3.8) is 0 Å². The third kappa shape index (κ3) is 6.92. The number of anilines is 3. The fourth-order valence-electron chi connectivity index (χ4n) is 3.85. The molecule has 0 saturated heterocycles. The first kappa shape index (κ1) is 31.0. The van der Waals surface area contributed by atoms with E-state index in [2.05, 4.69) is 27.5 Å². The molecule has 4 rings (SSSR count). The first-order valence-corrected chi connectivity index (χ1v) is 13.3. The first-order valence-electron chi connectivity index (χ1n) is 12.2. The molecule has 0 radical (unpaired) electrons. The number of carbonyl (C=O) groups is 2. The summed E-state index contributed by atoms with van der Waals surface area (Å²) in [4.78, 5) is 29.6. The highest BCUT2D eigenvalue weighted by molar-refractivity contribution is 6.39. The van der Waals surface area contributed by atoms with Crippen LogP contribution in [-0.4, -0.2) is 34.4 Å². The average Bonchev–Trinajstić information content (AvgIpc) is 3.23. The second-order valence-corrected chi connectivity index (χ2v) is 10.3. The summed E-state index contributed by atoms with van der Waals surface area (Å²) < 4.78 is 47.2. The number of alkyl halides is 2. The number of halogens is 6. The summed E-state index contributed by atoms with van der Waals surface area (Å²) in [7, 11) is 1.64. The van der Waals surface area contributed by atoms with Crippen molar-refractivity contribution < 1.29 is 27.5 Å². The van der Waals surface area contributed by atoms with Crippen molar-refractivity contribution in [1.29, 1.82) is 0 Å². The smallest absolute Gasteiger partial charge is 0.272 e. The Balaban J connectivity index is 1.70. The molecule has 3 aromatic carbocycles. The Hall–Kier alpha value is -3.93. The number of imidazole rings is 1. The van der Waals surface area contributed by atoms with Crippen molar-refractivity contribution >= 4 is 75.0 Å². The summed E-state index contributed by atoms with van der Waals surface area (Å²) in [6.07, 6.45) is -2.81. The average molecular weight is 641 g/mol. The number of rotatable bonds is 10. The van der Waals surface area contributed by atoms with E-state index in [9.17, 15) is 22.8 Å². The summed E-state index contributed by atoms with van der Waals surface area (Å²) in [5, 5.41) is 8.76. The maximum absolute atomic E-state index is 14.3. The molecular weight excluding hydrogens is 618 g/mol. The van der Waals surface area contributed by atoms with E-state index in [1.54, 1.807) is 30.7 Å². The van der Waals surface area contributed by atoms with Crippen molar-refractivity contribution in [1.82, 2.24) is 14.9 Å². The van der Waals surface area contributed by atoms with Crippen LogP contribution in [0.25, 0.3) is 11.0 Å². The summed E-state index contributed by atoms with van der Waals surface area (Å²) in [6.45, 7) is 4.30. The maximum Gasteiger partial charge on any atom is 0.272 e. The first-order chi connectivity index (χ1) is 19.8. The molecule has 0 saturated carbocycles. The molecule has 0 spiro atoms. The second kappa shape index (κ2) is 12.9. The number of ether oxygens (including phenoxy) is 1. The molecule has 0 fully saturated rings. The molecule has 0 bridgehead atoms. The number of amides is 2. The molecule has 0 unspecified atom stereocenters. The van der Waals surface area contributed by atoms with Gasteiger partial charge in [-0.2, -0.15) is 0 Å². The van der Waals surface area contributed by atoms with Gasteiger partial charge in [0.1, 0.15) is 18.2 Å². The highest BCUT2D eigenvalue weighted by atomic mass is 35.5. The van der Waals surface area contributed by atoms with Gasteiger partial charge in [0.2, 0.25) is 11.9 Å². The largest absolute Gasteiger partial charge is 0.487 e. The molecular formula is C28H23Cl3F3N5O3. The molecule has 4 aromatic rings. The van der Waals surface area contributed by atoms with Gasteiger partial charge in [-0.1, -0.05) is 47.4 Å². The minimum absolute atomic E-state index is 0.108. The zero-order chi connectivity index (χ0) is 30.7. The predicted molar refractivity (Wildman–Crippen MR) is 158 cm³/mol. The SMILES string of the molecule is C=C(C)C(=O)NCc1ccc(Cl)c(Nc2nc3cc(C(=O)Nc4ccc(Cl)cc4F)c(OCC(F)F)cc3n2C)c1Cl. The van der Waals surface area contributed by atoms with Gasteiger partial charge in [0.05, 0.1) is 38.0 Å². The van der Waals surface area contributed by atoms with Crippen LogP contribution in [0.3, 0.4) is 0 Å². The number of aromatic nitrogens is 2. The van der Waals surface area contributed by atoms with Gasteiger partial charge in [-0.25, -0.2) is 18.2 Å². The summed E-state index contributed by atoms with van der Waals surface area (Å²) in [6, 6.07) is 9.62. The maximum atomic E-state index is 14.3. The number of aryl methyl sites for hydroxylation is 1. The molecule has 1 aromatic heterocycles. The van der Waals surface area contributed by atoms with Crippen molar-refractivity contribution in [3.8, 4) is 5.75 Å². The van der Waals surface area contributed by atoms with Crippen LogP contribution in [-0.2, 0) is 18.4 Å². The molecule has 0 aliphatic heterocycles. The number of carbonyl (C=O) groups excluding carboxylic acids is 2.